The van der Waals surface area contributed by atoms with Crippen molar-refractivity contribution in [2.45, 2.75) is 32.6 Å². The first kappa shape index (κ1) is 16.8. The van der Waals surface area contributed by atoms with Crippen LogP contribution in [-0.2, 0) is 11.2 Å². The van der Waals surface area contributed by atoms with Gasteiger partial charge in [0.25, 0.3) is 0 Å². The summed E-state index contributed by atoms with van der Waals surface area (Å²) in [6.45, 7) is 5.11. The molecule has 5 nitrogen and oxygen atoms in total. The Bertz CT molecular complexity index is 735. The molecule has 1 amide bonds. The molecule has 0 saturated heterocycles. The number of aromatic nitrogens is 1. The molecular formula is C18H21N3O2S. The largest absolute Gasteiger partial charge is 0.441 e. The minimum atomic E-state index is -0.0517. The van der Waals surface area contributed by atoms with Gasteiger partial charge in [0.1, 0.15) is 0 Å². The molecule has 0 atom stereocenters. The molecular weight excluding hydrogens is 322 g/mol. The molecule has 0 unspecified atom stereocenters. The standard InChI is InChI=1S/C18H21N3O2S/c1-12(2)13-3-5-14(6-4-13)15-11-20-17(23-15)8-7-16(22)21-18-19-9-10-24-18/h3-6,11-12H,7-10H2,1-2H3,(H,19,21,22). The fourth-order valence-corrected chi connectivity index (χ4v) is 3.15. The molecule has 0 saturated carbocycles. The molecule has 3 rings (SSSR count). The van der Waals surface area contributed by atoms with Gasteiger partial charge in [-0.3, -0.25) is 9.79 Å². The third-order valence-corrected chi connectivity index (χ3v) is 4.70. The van der Waals surface area contributed by atoms with Crippen molar-refractivity contribution in [1.82, 2.24) is 10.3 Å². The summed E-state index contributed by atoms with van der Waals surface area (Å²) < 4.78 is 5.76. The molecule has 24 heavy (non-hydrogen) atoms. The first-order valence-corrected chi connectivity index (χ1v) is 9.12. The molecule has 2 aromatic rings. The predicted molar refractivity (Wildman–Crippen MR) is 97.3 cm³/mol. The monoisotopic (exact) mass is 343 g/mol. The highest BCUT2D eigenvalue weighted by Crippen LogP contribution is 2.23. The Labute approximate surface area is 146 Å². The number of carbonyl (C=O) groups is 1. The first-order chi connectivity index (χ1) is 11.6. The van der Waals surface area contributed by atoms with Gasteiger partial charge in [-0.25, -0.2) is 4.98 Å². The number of carbonyl (C=O) groups excluding carboxylic acids is 1. The molecule has 1 aliphatic rings. The van der Waals surface area contributed by atoms with Crippen molar-refractivity contribution in [2.24, 2.45) is 4.99 Å². The molecule has 0 spiro atoms. The van der Waals surface area contributed by atoms with Gasteiger partial charge >= 0.3 is 0 Å². The van der Waals surface area contributed by atoms with Crippen LogP contribution in [0.1, 0.15) is 37.6 Å². The number of hydrogen-bond acceptors (Lipinski definition) is 5. The summed E-state index contributed by atoms with van der Waals surface area (Å²) in [7, 11) is 0. The fourth-order valence-electron chi connectivity index (χ4n) is 2.40. The van der Waals surface area contributed by atoms with Crippen LogP contribution in [0.3, 0.4) is 0 Å². The van der Waals surface area contributed by atoms with E-state index in [0.29, 0.717) is 24.7 Å². The summed E-state index contributed by atoms with van der Waals surface area (Å²) in [5.41, 5.74) is 2.29. The molecule has 0 aliphatic carbocycles. The van der Waals surface area contributed by atoms with Crippen LogP contribution >= 0.6 is 11.8 Å². The van der Waals surface area contributed by atoms with E-state index in [1.54, 1.807) is 18.0 Å². The number of amides is 1. The van der Waals surface area contributed by atoms with Gasteiger partial charge in [-0.15, -0.1) is 0 Å². The van der Waals surface area contributed by atoms with Crippen LogP contribution in [0.2, 0.25) is 0 Å². The number of thioether (sulfide) groups is 1. The predicted octanol–water partition coefficient (Wildman–Crippen LogP) is 3.62. The van der Waals surface area contributed by atoms with Crippen LogP contribution in [0.5, 0.6) is 0 Å². The van der Waals surface area contributed by atoms with E-state index in [-0.39, 0.29) is 5.91 Å². The minimum absolute atomic E-state index is 0.0517. The third kappa shape index (κ3) is 4.26. The van der Waals surface area contributed by atoms with E-state index < -0.39 is 0 Å². The quantitative estimate of drug-likeness (QED) is 0.900. The van der Waals surface area contributed by atoms with Crippen molar-refractivity contribution < 1.29 is 9.21 Å². The van der Waals surface area contributed by atoms with E-state index >= 15 is 0 Å². The van der Waals surface area contributed by atoms with Crippen LogP contribution < -0.4 is 5.32 Å². The van der Waals surface area contributed by atoms with Crippen LogP contribution in [0, 0.1) is 0 Å². The third-order valence-electron chi connectivity index (χ3n) is 3.81. The SMILES string of the molecule is CC(C)c1ccc(-c2cnc(CCC(=O)NC3=NCCS3)o2)cc1. The number of nitrogens with zero attached hydrogens (tertiary/aromatic N) is 2. The van der Waals surface area contributed by atoms with Crippen molar-refractivity contribution in [3.05, 3.63) is 41.9 Å². The summed E-state index contributed by atoms with van der Waals surface area (Å²) >= 11 is 1.58. The molecule has 1 N–H and O–H groups in total. The van der Waals surface area contributed by atoms with Crippen molar-refractivity contribution in [1.29, 1.82) is 0 Å². The average molecular weight is 343 g/mol. The number of aliphatic imine (C=N–C) groups is 1. The lowest BCUT2D eigenvalue weighted by molar-refractivity contribution is -0.119. The van der Waals surface area contributed by atoms with Gasteiger partial charge in [-0.2, -0.15) is 0 Å². The second kappa shape index (κ2) is 7.66. The molecule has 0 bridgehead atoms. The zero-order valence-corrected chi connectivity index (χ0v) is 14.7. The maximum Gasteiger partial charge on any atom is 0.226 e. The van der Waals surface area contributed by atoms with Gasteiger partial charge in [0.15, 0.2) is 16.8 Å². The fraction of sp³-hybridized carbons (Fsp3) is 0.389. The van der Waals surface area contributed by atoms with E-state index in [1.807, 2.05) is 12.1 Å². The lowest BCUT2D eigenvalue weighted by Crippen LogP contribution is -2.27. The van der Waals surface area contributed by atoms with E-state index in [9.17, 15) is 4.79 Å². The number of nitrogens with one attached hydrogen (secondary N) is 1. The Kier molecular flexibility index (Phi) is 5.35. The molecule has 0 fully saturated rings. The molecule has 2 heterocycles. The van der Waals surface area contributed by atoms with Crippen molar-refractivity contribution in [2.75, 3.05) is 12.3 Å². The second-order valence-corrected chi connectivity index (χ2v) is 7.06. The topological polar surface area (TPSA) is 67.5 Å². The highest BCUT2D eigenvalue weighted by molar-refractivity contribution is 8.14. The highest BCUT2D eigenvalue weighted by Gasteiger charge is 2.13. The van der Waals surface area contributed by atoms with Crippen molar-refractivity contribution in [3.63, 3.8) is 0 Å². The number of hydrogen-bond donors (Lipinski definition) is 1. The Hall–Kier alpha value is -2.08. The number of amidine groups is 1. The van der Waals surface area contributed by atoms with Crippen LogP contribution in [0.4, 0.5) is 0 Å². The molecule has 1 aromatic carbocycles. The molecule has 6 heteroatoms. The normalized spacial score (nSPS) is 14.0. The molecule has 1 aromatic heterocycles. The van der Waals surface area contributed by atoms with Crippen LogP contribution in [0.15, 0.2) is 39.9 Å². The van der Waals surface area contributed by atoms with E-state index in [4.69, 9.17) is 4.42 Å². The van der Waals surface area contributed by atoms with Gasteiger partial charge in [-0.05, 0) is 11.5 Å². The van der Waals surface area contributed by atoms with E-state index in [1.165, 1.54) is 5.56 Å². The number of aryl methyl sites for hydroxylation is 1. The van der Waals surface area contributed by atoms with Crippen LogP contribution in [0.25, 0.3) is 11.3 Å². The van der Waals surface area contributed by atoms with Gasteiger partial charge in [0.2, 0.25) is 5.91 Å². The summed E-state index contributed by atoms with van der Waals surface area (Å²) in [6, 6.07) is 8.30. The highest BCUT2D eigenvalue weighted by atomic mass is 32.2. The van der Waals surface area contributed by atoms with E-state index in [0.717, 1.165) is 28.8 Å². The van der Waals surface area contributed by atoms with Gasteiger partial charge < -0.3 is 9.73 Å². The number of rotatable bonds is 5. The summed E-state index contributed by atoms with van der Waals surface area (Å²) in [5.74, 6) is 2.70. The van der Waals surface area contributed by atoms with Crippen molar-refractivity contribution >= 4 is 22.8 Å². The first-order valence-electron chi connectivity index (χ1n) is 8.14. The smallest absolute Gasteiger partial charge is 0.226 e. The lowest BCUT2D eigenvalue weighted by Gasteiger charge is -2.05. The number of benzene rings is 1. The molecule has 126 valence electrons. The summed E-state index contributed by atoms with van der Waals surface area (Å²) in [5, 5.41) is 3.53. The second-order valence-electron chi connectivity index (χ2n) is 5.98. The molecule has 1 aliphatic heterocycles. The number of oxazole rings is 1. The Morgan fingerprint density at radius 2 is 2.12 bits per heavy atom. The van der Waals surface area contributed by atoms with Gasteiger partial charge in [-0.1, -0.05) is 49.9 Å². The zero-order chi connectivity index (χ0) is 16.9. The average Bonchev–Trinajstić information content (AvgIpc) is 3.24. The maximum absolute atomic E-state index is 11.9. The zero-order valence-electron chi connectivity index (χ0n) is 13.9. The Morgan fingerprint density at radius 3 is 2.79 bits per heavy atom. The summed E-state index contributed by atoms with van der Waals surface area (Å²) in [6.07, 6.45) is 2.54. The summed E-state index contributed by atoms with van der Waals surface area (Å²) in [4.78, 5) is 20.3. The maximum atomic E-state index is 11.9. The lowest BCUT2D eigenvalue weighted by atomic mass is 10.0. The van der Waals surface area contributed by atoms with Gasteiger partial charge in [0, 0.05) is 24.2 Å². The Morgan fingerprint density at radius 1 is 1.33 bits per heavy atom. The van der Waals surface area contributed by atoms with Crippen molar-refractivity contribution in [3.8, 4) is 11.3 Å². The molecule has 0 radical (unpaired) electrons. The van der Waals surface area contributed by atoms with E-state index in [2.05, 4.69) is 41.3 Å². The Balaban J connectivity index is 1.56. The van der Waals surface area contributed by atoms with Gasteiger partial charge in [0.05, 0.1) is 12.7 Å². The van der Waals surface area contributed by atoms with Crippen LogP contribution in [-0.4, -0.2) is 28.4 Å². The minimum Gasteiger partial charge on any atom is -0.441 e.